The third-order valence-electron chi connectivity index (χ3n) is 2.63. The lowest BCUT2D eigenvalue weighted by Crippen LogP contribution is -1.95. The lowest BCUT2D eigenvalue weighted by Gasteiger charge is -2.06. The molecule has 0 bridgehead atoms. The van der Waals surface area contributed by atoms with Gasteiger partial charge in [-0.05, 0) is 24.1 Å². The molecule has 2 aromatic carbocycles. The Balaban J connectivity index is 2.44. The number of halogens is 1. The lowest BCUT2D eigenvalue weighted by atomic mass is 10.0. The van der Waals surface area contributed by atoms with Gasteiger partial charge in [0.05, 0.1) is 0 Å². The Morgan fingerprint density at radius 3 is 2.31 bits per heavy atom. The third kappa shape index (κ3) is 2.26. The summed E-state index contributed by atoms with van der Waals surface area (Å²) in [5.41, 5.74) is 10.1. The summed E-state index contributed by atoms with van der Waals surface area (Å²) < 4.78 is 0. The number of aryl methyl sites for hydroxylation is 1. The van der Waals surface area contributed by atoms with E-state index in [1.807, 2.05) is 18.2 Å². The van der Waals surface area contributed by atoms with Gasteiger partial charge < -0.3 is 5.73 Å². The molecule has 0 spiro atoms. The summed E-state index contributed by atoms with van der Waals surface area (Å²) in [6.45, 7) is 2.59. The number of benzene rings is 2. The lowest BCUT2D eigenvalue weighted by molar-refractivity contribution is 1.07. The average molecular weight is 232 g/mol. The number of hydrogen-bond acceptors (Lipinski definition) is 1. The molecule has 0 saturated carbocycles. The van der Waals surface area contributed by atoms with E-state index in [1.165, 1.54) is 5.56 Å². The number of hydrogen-bond donors (Lipinski definition) is 1. The van der Waals surface area contributed by atoms with Gasteiger partial charge in [-0.2, -0.15) is 0 Å². The molecule has 1 nitrogen and oxygen atoms in total. The molecular formula is C14H14ClN. The van der Waals surface area contributed by atoms with Gasteiger partial charge in [0.2, 0.25) is 0 Å². The maximum atomic E-state index is 6.23. The Kier molecular flexibility index (Phi) is 3.28. The fraction of sp³-hybridized carbons (Fsp3) is 0.143. The second-order valence-electron chi connectivity index (χ2n) is 3.88. The number of nitrogens with two attached hydrogens (primary N) is 1. The van der Waals surface area contributed by atoms with Gasteiger partial charge in [0.1, 0.15) is 0 Å². The summed E-state index contributed by atoms with van der Waals surface area (Å²) in [5, 5.41) is 0.756. The first-order chi connectivity index (χ1) is 7.70. The van der Waals surface area contributed by atoms with Crippen molar-refractivity contribution in [1.82, 2.24) is 0 Å². The van der Waals surface area contributed by atoms with Gasteiger partial charge in [-0.3, -0.25) is 0 Å². The van der Waals surface area contributed by atoms with Crippen LogP contribution in [0.5, 0.6) is 0 Å². The zero-order chi connectivity index (χ0) is 11.5. The van der Waals surface area contributed by atoms with Crippen LogP contribution in [0.1, 0.15) is 11.1 Å². The van der Waals surface area contributed by atoms with E-state index in [0.29, 0.717) is 6.54 Å². The molecule has 0 unspecified atom stereocenters. The minimum Gasteiger partial charge on any atom is -0.326 e. The van der Waals surface area contributed by atoms with E-state index in [-0.39, 0.29) is 0 Å². The van der Waals surface area contributed by atoms with E-state index in [9.17, 15) is 0 Å². The van der Waals surface area contributed by atoms with E-state index in [2.05, 4.69) is 31.2 Å². The molecular weight excluding hydrogens is 218 g/mol. The van der Waals surface area contributed by atoms with Crippen LogP contribution in [0.15, 0.2) is 42.5 Å². The maximum Gasteiger partial charge on any atom is 0.0487 e. The second-order valence-corrected chi connectivity index (χ2v) is 4.29. The first-order valence-electron chi connectivity index (χ1n) is 5.26. The second kappa shape index (κ2) is 4.69. The van der Waals surface area contributed by atoms with Gasteiger partial charge in [-0.1, -0.05) is 53.6 Å². The molecule has 2 N–H and O–H groups in total. The van der Waals surface area contributed by atoms with Gasteiger partial charge in [0, 0.05) is 17.1 Å². The molecule has 16 heavy (non-hydrogen) atoms. The standard InChI is InChI=1S/C14H14ClN/c1-10-2-5-12(6-3-10)13-7-4-11(9-16)8-14(13)15/h2-8H,9,16H2,1H3. The highest BCUT2D eigenvalue weighted by Crippen LogP contribution is 2.28. The van der Waals surface area contributed by atoms with E-state index in [1.54, 1.807) is 0 Å². The molecule has 82 valence electrons. The van der Waals surface area contributed by atoms with Crippen LogP contribution in [0, 0.1) is 6.92 Å². The largest absolute Gasteiger partial charge is 0.326 e. The molecule has 0 heterocycles. The molecule has 2 heteroatoms. The van der Waals surface area contributed by atoms with E-state index >= 15 is 0 Å². The Morgan fingerprint density at radius 2 is 1.75 bits per heavy atom. The molecule has 0 aliphatic carbocycles. The fourth-order valence-electron chi connectivity index (χ4n) is 1.65. The molecule has 0 radical (unpaired) electrons. The quantitative estimate of drug-likeness (QED) is 0.837. The summed E-state index contributed by atoms with van der Waals surface area (Å²) >= 11 is 6.23. The minimum absolute atomic E-state index is 0.522. The van der Waals surface area contributed by atoms with Gasteiger partial charge >= 0.3 is 0 Å². The van der Waals surface area contributed by atoms with Crippen molar-refractivity contribution in [2.24, 2.45) is 5.73 Å². The molecule has 0 aromatic heterocycles. The first kappa shape index (κ1) is 11.2. The summed E-state index contributed by atoms with van der Waals surface area (Å²) in [7, 11) is 0. The predicted octanol–water partition coefficient (Wildman–Crippen LogP) is 3.77. The van der Waals surface area contributed by atoms with Crippen LogP contribution in [-0.4, -0.2) is 0 Å². The highest BCUT2D eigenvalue weighted by Gasteiger charge is 2.03. The fourth-order valence-corrected chi connectivity index (χ4v) is 1.97. The van der Waals surface area contributed by atoms with Crippen LogP contribution in [-0.2, 0) is 6.54 Å². The van der Waals surface area contributed by atoms with Gasteiger partial charge in [-0.25, -0.2) is 0 Å². The van der Waals surface area contributed by atoms with Crippen LogP contribution in [0.3, 0.4) is 0 Å². The van der Waals surface area contributed by atoms with Gasteiger partial charge in [0.25, 0.3) is 0 Å². The van der Waals surface area contributed by atoms with E-state index in [4.69, 9.17) is 17.3 Å². The van der Waals surface area contributed by atoms with Crippen molar-refractivity contribution in [3.05, 3.63) is 58.6 Å². The Hall–Kier alpha value is -1.31. The van der Waals surface area contributed by atoms with Crippen LogP contribution >= 0.6 is 11.6 Å². The zero-order valence-corrected chi connectivity index (χ0v) is 9.96. The summed E-state index contributed by atoms with van der Waals surface area (Å²) in [4.78, 5) is 0. The summed E-state index contributed by atoms with van der Waals surface area (Å²) in [6, 6.07) is 14.3. The molecule has 0 atom stereocenters. The van der Waals surface area contributed by atoms with E-state index < -0.39 is 0 Å². The van der Waals surface area contributed by atoms with Crippen molar-refractivity contribution in [1.29, 1.82) is 0 Å². The minimum atomic E-state index is 0.522. The smallest absolute Gasteiger partial charge is 0.0487 e. The summed E-state index contributed by atoms with van der Waals surface area (Å²) in [6.07, 6.45) is 0. The van der Waals surface area contributed by atoms with Gasteiger partial charge in [0.15, 0.2) is 0 Å². The Bertz CT molecular complexity index is 489. The highest BCUT2D eigenvalue weighted by molar-refractivity contribution is 6.33. The van der Waals surface area contributed by atoms with Crippen molar-refractivity contribution in [2.45, 2.75) is 13.5 Å². The Labute approximate surface area is 101 Å². The van der Waals surface area contributed by atoms with Crippen LogP contribution < -0.4 is 5.73 Å². The summed E-state index contributed by atoms with van der Waals surface area (Å²) in [5.74, 6) is 0. The van der Waals surface area contributed by atoms with Crippen molar-refractivity contribution in [2.75, 3.05) is 0 Å². The molecule has 0 aliphatic rings. The predicted molar refractivity (Wildman–Crippen MR) is 69.5 cm³/mol. The third-order valence-corrected chi connectivity index (χ3v) is 2.94. The normalized spacial score (nSPS) is 10.4. The van der Waals surface area contributed by atoms with Crippen molar-refractivity contribution < 1.29 is 0 Å². The molecule has 2 rings (SSSR count). The zero-order valence-electron chi connectivity index (χ0n) is 9.20. The van der Waals surface area contributed by atoms with Crippen molar-refractivity contribution in [3.8, 4) is 11.1 Å². The molecule has 0 amide bonds. The topological polar surface area (TPSA) is 26.0 Å². The van der Waals surface area contributed by atoms with E-state index in [0.717, 1.165) is 21.7 Å². The Morgan fingerprint density at radius 1 is 1.06 bits per heavy atom. The van der Waals surface area contributed by atoms with Crippen LogP contribution in [0.2, 0.25) is 5.02 Å². The van der Waals surface area contributed by atoms with Crippen molar-refractivity contribution >= 4 is 11.6 Å². The molecule has 0 aliphatic heterocycles. The maximum absolute atomic E-state index is 6.23. The highest BCUT2D eigenvalue weighted by atomic mass is 35.5. The number of rotatable bonds is 2. The molecule has 0 saturated heterocycles. The van der Waals surface area contributed by atoms with Crippen LogP contribution in [0.25, 0.3) is 11.1 Å². The molecule has 2 aromatic rings. The molecule has 0 fully saturated rings. The average Bonchev–Trinajstić information content (AvgIpc) is 2.30. The first-order valence-corrected chi connectivity index (χ1v) is 5.64. The van der Waals surface area contributed by atoms with Crippen molar-refractivity contribution in [3.63, 3.8) is 0 Å². The SMILES string of the molecule is Cc1ccc(-c2ccc(CN)cc2Cl)cc1. The van der Waals surface area contributed by atoms with Crippen LogP contribution in [0.4, 0.5) is 0 Å². The van der Waals surface area contributed by atoms with Gasteiger partial charge in [-0.15, -0.1) is 0 Å². The monoisotopic (exact) mass is 231 g/mol.